The number of carbonyl (C=O) groups excluding carboxylic acids is 3. The number of amides is 1. The van der Waals surface area contributed by atoms with E-state index in [9.17, 15) is 27.6 Å². The molecule has 2 unspecified atom stereocenters. The van der Waals surface area contributed by atoms with E-state index in [2.05, 4.69) is 10.6 Å². The maximum Gasteiger partial charge on any atom is 0.490 e. The van der Waals surface area contributed by atoms with Crippen LogP contribution < -0.4 is 16.4 Å². The van der Waals surface area contributed by atoms with Crippen LogP contribution in [0.25, 0.3) is 0 Å². The first-order chi connectivity index (χ1) is 16.9. The number of alkyl halides is 3. The number of rotatable bonds is 4. The van der Waals surface area contributed by atoms with Crippen molar-refractivity contribution in [3.63, 3.8) is 0 Å². The molecule has 0 aromatic heterocycles. The van der Waals surface area contributed by atoms with Gasteiger partial charge in [0.15, 0.2) is 11.6 Å². The van der Waals surface area contributed by atoms with Gasteiger partial charge in [0, 0.05) is 34.5 Å². The van der Waals surface area contributed by atoms with Crippen LogP contribution in [0.3, 0.4) is 0 Å². The van der Waals surface area contributed by atoms with Crippen molar-refractivity contribution in [1.29, 1.82) is 0 Å². The second-order valence-electron chi connectivity index (χ2n) is 8.67. The number of nitrogens with two attached hydrogens (primary N) is 1. The van der Waals surface area contributed by atoms with E-state index in [1.807, 2.05) is 6.07 Å². The molecule has 11 heteroatoms. The van der Waals surface area contributed by atoms with E-state index in [1.165, 1.54) is 0 Å². The highest BCUT2D eigenvalue weighted by atomic mass is 19.4. The van der Waals surface area contributed by atoms with Crippen LogP contribution in [0.2, 0.25) is 0 Å². The fourth-order valence-electron chi connectivity index (χ4n) is 4.26. The molecular weight excluding hydrogens is 479 g/mol. The van der Waals surface area contributed by atoms with E-state index < -0.39 is 18.2 Å². The number of hydrogen-bond acceptors (Lipinski definition) is 6. The summed E-state index contributed by atoms with van der Waals surface area (Å²) in [7, 11) is 0. The lowest BCUT2D eigenvalue weighted by molar-refractivity contribution is -0.192. The van der Waals surface area contributed by atoms with Crippen LogP contribution in [0.1, 0.15) is 64.4 Å². The van der Waals surface area contributed by atoms with Crippen molar-refractivity contribution >= 4 is 29.1 Å². The fourth-order valence-corrected chi connectivity index (χ4v) is 4.26. The summed E-state index contributed by atoms with van der Waals surface area (Å²) in [4.78, 5) is 47.1. The third kappa shape index (κ3) is 5.91. The Morgan fingerprint density at radius 2 is 1.47 bits per heavy atom. The van der Waals surface area contributed by atoms with Crippen molar-refractivity contribution in [3.05, 3.63) is 64.7 Å². The fraction of sp³-hybridized carbons (Fsp3) is 0.360. The Morgan fingerprint density at radius 3 is 2.03 bits per heavy atom. The van der Waals surface area contributed by atoms with Crippen LogP contribution in [0.4, 0.5) is 18.9 Å². The standard InChI is InChI=1S/C23H25N3O3.C2HF3O2/c1-13(24)23(29)26-18-11-5-4-10-17(18)25-19-12-6-9-16-20(19)22(28)15-8-3-2-7-14(15)21(16)27;3-2(4,5)1(6)7/h2-3,6-9,12-13,17-18,25H,4-5,10-11,24H2,1H3,(H,26,29);(H,6,7)/t13-,17?,18?;/m0./s1. The number of fused-ring (bicyclic) bond motifs is 2. The Balaban J connectivity index is 0.000000454. The largest absolute Gasteiger partial charge is 0.490 e. The predicted molar refractivity (Wildman–Crippen MR) is 125 cm³/mol. The smallest absolute Gasteiger partial charge is 0.475 e. The number of carbonyl (C=O) groups is 4. The maximum atomic E-state index is 13.2. The van der Waals surface area contributed by atoms with E-state index in [4.69, 9.17) is 15.6 Å². The van der Waals surface area contributed by atoms with E-state index in [0.717, 1.165) is 25.7 Å². The average molecular weight is 505 g/mol. The molecule has 2 aromatic carbocycles. The molecule has 4 rings (SSSR count). The molecule has 192 valence electrons. The van der Waals surface area contributed by atoms with Crippen molar-refractivity contribution < 1.29 is 37.5 Å². The minimum absolute atomic E-state index is 0.0296. The molecule has 3 atom stereocenters. The highest BCUT2D eigenvalue weighted by molar-refractivity contribution is 6.30. The number of hydrogen-bond donors (Lipinski definition) is 4. The molecule has 1 amide bonds. The van der Waals surface area contributed by atoms with Crippen molar-refractivity contribution in [2.75, 3.05) is 5.32 Å². The molecule has 0 saturated heterocycles. The molecule has 0 heterocycles. The minimum atomic E-state index is -5.08. The van der Waals surface area contributed by atoms with Crippen molar-refractivity contribution in [3.8, 4) is 0 Å². The van der Waals surface area contributed by atoms with E-state index in [-0.39, 0.29) is 29.6 Å². The van der Waals surface area contributed by atoms with Gasteiger partial charge in [-0.1, -0.05) is 49.2 Å². The average Bonchev–Trinajstić information content (AvgIpc) is 2.83. The number of aliphatic carboxylic acids is 1. The van der Waals surface area contributed by atoms with Gasteiger partial charge in [0.2, 0.25) is 5.91 Å². The molecule has 2 aliphatic carbocycles. The highest BCUT2D eigenvalue weighted by Crippen LogP contribution is 2.33. The van der Waals surface area contributed by atoms with Gasteiger partial charge in [-0.05, 0) is 25.8 Å². The van der Waals surface area contributed by atoms with Gasteiger partial charge in [-0.3, -0.25) is 14.4 Å². The van der Waals surface area contributed by atoms with Gasteiger partial charge in [0.05, 0.1) is 11.6 Å². The SMILES string of the molecule is C[C@H](N)C(=O)NC1CCCCC1Nc1cccc2c1C(=O)c1ccccc1C2=O.O=C(O)C(F)(F)F. The van der Waals surface area contributed by atoms with Crippen LogP contribution in [-0.2, 0) is 9.59 Å². The Morgan fingerprint density at radius 1 is 0.944 bits per heavy atom. The molecule has 0 aliphatic heterocycles. The van der Waals surface area contributed by atoms with Gasteiger partial charge in [-0.25, -0.2) is 4.79 Å². The lowest BCUT2D eigenvalue weighted by atomic mass is 9.82. The molecule has 5 N–H and O–H groups in total. The summed E-state index contributed by atoms with van der Waals surface area (Å²) in [5, 5.41) is 13.6. The normalized spacial score (nSPS) is 19.7. The van der Waals surface area contributed by atoms with Crippen LogP contribution in [0.15, 0.2) is 42.5 Å². The Labute approximate surface area is 205 Å². The Hall–Kier alpha value is -3.73. The van der Waals surface area contributed by atoms with Gasteiger partial charge in [-0.15, -0.1) is 0 Å². The number of benzene rings is 2. The van der Waals surface area contributed by atoms with Gasteiger partial charge < -0.3 is 21.5 Å². The monoisotopic (exact) mass is 505 g/mol. The predicted octanol–water partition coefficient (Wildman–Crippen LogP) is 3.28. The second kappa shape index (κ2) is 10.9. The van der Waals surface area contributed by atoms with Crippen LogP contribution in [-0.4, -0.2) is 52.9 Å². The lowest BCUT2D eigenvalue weighted by Gasteiger charge is -2.34. The van der Waals surface area contributed by atoms with Gasteiger partial charge in [-0.2, -0.15) is 13.2 Å². The first-order valence-electron chi connectivity index (χ1n) is 11.4. The first kappa shape index (κ1) is 26.9. The number of carboxylic acid groups (broad SMARTS) is 1. The summed E-state index contributed by atoms with van der Waals surface area (Å²) < 4.78 is 31.7. The number of carboxylic acids is 1. The Bertz CT molecular complexity index is 1180. The van der Waals surface area contributed by atoms with Crippen LogP contribution >= 0.6 is 0 Å². The summed E-state index contributed by atoms with van der Waals surface area (Å²) in [5.74, 6) is -3.22. The van der Waals surface area contributed by atoms with E-state index >= 15 is 0 Å². The number of ketones is 2. The maximum absolute atomic E-state index is 13.2. The zero-order valence-electron chi connectivity index (χ0n) is 19.4. The molecule has 36 heavy (non-hydrogen) atoms. The third-order valence-electron chi connectivity index (χ3n) is 6.04. The molecule has 0 bridgehead atoms. The lowest BCUT2D eigenvalue weighted by Crippen LogP contribution is -2.52. The third-order valence-corrected chi connectivity index (χ3v) is 6.04. The molecular formula is C25H26F3N3O5. The Kier molecular flexibility index (Phi) is 8.13. The summed E-state index contributed by atoms with van der Waals surface area (Å²) in [5.41, 5.74) is 8.07. The molecule has 1 fully saturated rings. The first-order valence-corrected chi connectivity index (χ1v) is 11.4. The zero-order valence-corrected chi connectivity index (χ0v) is 19.4. The van der Waals surface area contributed by atoms with Crippen LogP contribution in [0, 0.1) is 0 Å². The molecule has 2 aromatic rings. The topological polar surface area (TPSA) is 139 Å². The summed E-state index contributed by atoms with van der Waals surface area (Å²) in [6, 6.07) is 11.6. The number of anilines is 1. The molecule has 2 aliphatic rings. The van der Waals surface area contributed by atoms with E-state index in [1.54, 1.807) is 43.3 Å². The quantitative estimate of drug-likeness (QED) is 0.427. The van der Waals surface area contributed by atoms with Gasteiger partial charge in [0.1, 0.15) is 0 Å². The summed E-state index contributed by atoms with van der Waals surface area (Å²) in [6.07, 6.45) is -1.31. The number of halogens is 3. The summed E-state index contributed by atoms with van der Waals surface area (Å²) >= 11 is 0. The highest BCUT2D eigenvalue weighted by Gasteiger charge is 2.38. The van der Waals surface area contributed by atoms with Gasteiger partial charge in [0.25, 0.3) is 0 Å². The number of nitrogens with one attached hydrogen (secondary N) is 2. The second-order valence-corrected chi connectivity index (χ2v) is 8.67. The molecule has 0 radical (unpaired) electrons. The molecule has 8 nitrogen and oxygen atoms in total. The van der Waals surface area contributed by atoms with Crippen molar-refractivity contribution in [2.45, 2.75) is 56.9 Å². The molecule has 0 spiro atoms. The van der Waals surface area contributed by atoms with E-state index in [0.29, 0.717) is 27.9 Å². The van der Waals surface area contributed by atoms with Gasteiger partial charge >= 0.3 is 12.1 Å². The van der Waals surface area contributed by atoms with Crippen LogP contribution in [0.5, 0.6) is 0 Å². The van der Waals surface area contributed by atoms with Crippen molar-refractivity contribution in [1.82, 2.24) is 5.32 Å². The molecule has 1 saturated carbocycles. The van der Waals surface area contributed by atoms with Crippen molar-refractivity contribution in [2.24, 2.45) is 5.73 Å². The zero-order chi connectivity index (χ0) is 26.6. The minimum Gasteiger partial charge on any atom is -0.475 e. The summed E-state index contributed by atoms with van der Waals surface area (Å²) in [6.45, 7) is 1.66.